The van der Waals surface area contributed by atoms with Crippen LogP contribution in [-0.4, -0.2) is 38.9 Å². The Morgan fingerprint density at radius 1 is 0.967 bits per heavy atom. The predicted molar refractivity (Wildman–Crippen MR) is 123 cm³/mol. The molecule has 0 unspecified atom stereocenters. The molecule has 4 rings (SSSR count). The lowest BCUT2D eigenvalue weighted by Gasteiger charge is -2.22. The Hall–Kier alpha value is -3.45. The summed E-state index contributed by atoms with van der Waals surface area (Å²) < 4.78 is 0. The van der Waals surface area contributed by atoms with Crippen molar-refractivity contribution in [2.45, 2.75) is 13.1 Å². The molecule has 0 radical (unpaired) electrons. The van der Waals surface area contributed by atoms with Crippen LogP contribution in [0.15, 0.2) is 73.1 Å². The van der Waals surface area contributed by atoms with Crippen molar-refractivity contribution in [1.82, 2.24) is 14.8 Å². The minimum absolute atomic E-state index is 0.182. The van der Waals surface area contributed by atoms with E-state index >= 15 is 0 Å². The van der Waals surface area contributed by atoms with Crippen LogP contribution in [0.5, 0.6) is 0 Å². The number of nitrogen functional groups attached to an aromatic ring is 1. The largest absolute Gasteiger partial charge is 0.397 e. The summed E-state index contributed by atoms with van der Waals surface area (Å²) in [6.45, 7) is 3.27. The van der Waals surface area contributed by atoms with Gasteiger partial charge in [-0.1, -0.05) is 30.3 Å². The first-order chi connectivity index (χ1) is 14.6. The molecule has 0 aliphatic carbocycles. The Balaban J connectivity index is 1.35. The minimum Gasteiger partial charge on any atom is -0.397 e. The van der Waals surface area contributed by atoms with Crippen molar-refractivity contribution < 1.29 is 4.79 Å². The molecule has 1 amide bonds. The van der Waals surface area contributed by atoms with Gasteiger partial charge in [-0.3, -0.25) is 9.78 Å². The number of benzene rings is 2. The molecule has 1 aromatic heterocycles. The molecule has 0 atom stereocenters. The standard InChI is InChI=1S/C23H23N5OS/c24-20-5-1-2-6-21(20)26-22(29)19-9-7-17(8-10-19)15-27-12-13-28(23(27)30)16-18-4-3-11-25-14-18/h1-11,14H,12-13,15-16,24H2,(H,26,29). The first-order valence-corrected chi connectivity index (χ1v) is 10.2. The fourth-order valence-electron chi connectivity index (χ4n) is 3.43. The van der Waals surface area contributed by atoms with Crippen LogP contribution in [0.2, 0.25) is 0 Å². The van der Waals surface area contributed by atoms with E-state index in [1.54, 1.807) is 18.3 Å². The van der Waals surface area contributed by atoms with E-state index in [0.717, 1.165) is 42.4 Å². The summed E-state index contributed by atoms with van der Waals surface area (Å²) in [7, 11) is 0. The Bertz CT molecular complexity index is 1040. The number of carbonyl (C=O) groups is 1. The van der Waals surface area contributed by atoms with E-state index in [1.807, 2.05) is 48.7 Å². The molecule has 0 spiro atoms. The van der Waals surface area contributed by atoms with Gasteiger partial charge in [-0.2, -0.15) is 0 Å². The van der Waals surface area contributed by atoms with Crippen LogP contribution < -0.4 is 11.1 Å². The monoisotopic (exact) mass is 417 g/mol. The number of nitrogens with two attached hydrogens (primary N) is 1. The molecule has 1 saturated heterocycles. The number of hydrogen-bond donors (Lipinski definition) is 2. The van der Waals surface area contributed by atoms with Crippen LogP contribution in [-0.2, 0) is 13.1 Å². The number of carbonyl (C=O) groups excluding carboxylic acids is 1. The van der Waals surface area contributed by atoms with Crippen LogP contribution in [0.3, 0.4) is 0 Å². The molecule has 1 aliphatic heterocycles. The van der Waals surface area contributed by atoms with E-state index in [-0.39, 0.29) is 5.91 Å². The maximum absolute atomic E-state index is 12.5. The number of nitrogens with one attached hydrogen (secondary N) is 1. The third kappa shape index (κ3) is 4.58. The first-order valence-electron chi connectivity index (χ1n) is 9.78. The van der Waals surface area contributed by atoms with Gasteiger partial charge >= 0.3 is 0 Å². The van der Waals surface area contributed by atoms with E-state index < -0.39 is 0 Å². The molecule has 3 N–H and O–H groups in total. The fourth-order valence-corrected chi connectivity index (χ4v) is 3.74. The number of aromatic nitrogens is 1. The highest BCUT2D eigenvalue weighted by Gasteiger charge is 2.24. The number of amides is 1. The summed E-state index contributed by atoms with van der Waals surface area (Å²) in [6, 6.07) is 18.8. The van der Waals surface area contributed by atoms with Gasteiger partial charge in [-0.05, 0) is 53.7 Å². The summed E-state index contributed by atoms with van der Waals surface area (Å²) >= 11 is 5.67. The van der Waals surface area contributed by atoms with Crippen molar-refractivity contribution >= 4 is 34.6 Å². The van der Waals surface area contributed by atoms with Gasteiger partial charge in [0.1, 0.15) is 0 Å². The zero-order valence-corrected chi connectivity index (χ0v) is 17.3. The number of thiocarbonyl (C=S) groups is 1. The number of pyridine rings is 1. The van der Waals surface area contributed by atoms with E-state index in [4.69, 9.17) is 18.0 Å². The van der Waals surface area contributed by atoms with Crippen molar-refractivity contribution in [3.8, 4) is 0 Å². The molecule has 30 heavy (non-hydrogen) atoms. The lowest BCUT2D eigenvalue weighted by atomic mass is 10.1. The average Bonchev–Trinajstić information content (AvgIpc) is 3.10. The Kier molecular flexibility index (Phi) is 5.90. The molecule has 1 aliphatic rings. The van der Waals surface area contributed by atoms with Gasteiger partial charge in [0, 0.05) is 44.1 Å². The van der Waals surface area contributed by atoms with Gasteiger partial charge in [0.25, 0.3) is 5.91 Å². The molecule has 3 aromatic rings. The molecule has 0 bridgehead atoms. The highest BCUT2D eigenvalue weighted by Crippen LogP contribution is 2.19. The molecular formula is C23H23N5OS. The zero-order chi connectivity index (χ0) is 20.9. The Labute approximate surface area is 181 Å². The molecule has 6 nitrogen and oxygen atoms in total. The average molecular weight is 418 g/mol. The second-order valence-electron chi connectivity index (χ2n) is 7.23. The molecule has 7 heteroatoms. The van der Waals surface area contributed by atoms with Crippen molar-refractivity contribution in [3.63, 3.8) is 0 Å². The molecule has 2 heterocycles. The number of nitrogens with zero attached hydrogens (tertiary/aromatic N) is 3. The van der Waals surface area contributed by atoms with Gasteiger partial charge in [0.2, 0.25) is 0 Å². The molecule has 1 fully saturated rings. The van der Waals surface area contributed by atoms with Crippen LogP contribution in [0, 0.1) is 0 Å². The van der Waals surface area contributed by atoms with Crippen molar-refractivity contribution in [2.75, 3.05) is 24.1 Å². The minimum atomic E-state index is -0.182. The summed E-state index contributed by atoms with van der Waals surface area (Å²) in [5.41, 5.74) is 9.90. The second-order valence-corrected chi connectivity index (χ2v) is 7.59. The maximum atomic E-state index is 12.5. The Morgan fingerprint density at radius 3 is 2.33 bits per heavy atom. The van der Waals surface area contributed by atoms with E-state index in [9.17, 15) is 4.79 Å². The van der Waals surface area contributed by atoms with Crippen molar-refractivity contribution in [3.05, 3.63) is 89.7 Å². The topological polar surface area (TPSA) is 74.5 Å². The molecule has 0 saturated carbocycles. The number of para-hydroxylation sites is 2. The summed E-state index contributed by atoms with van der Waals surface area (Å²) in [5.74, 6) is -0.182. The third-order valence-electron chi connectivity index (χ3n) is 5.08. The van der Waals surface area contributed by atoms with Crippen LogP contribution >= 0.6 is 12.2 Å². The highest BCUT2D eigenvalue weighted by atomic mass is 32.1. The number of anilines is 2. The van der Waals surface area contributed by atoms with Gasteiger partial charge < -0.3 is 20.9 Å². The smallest absolute Gasteiger partial charge is 0.255 e. The molecular weight excluding hydrogens is 394 g/mol. The molecule has 152 valence electrons. The number of rotatable bonds is 6. The summed E-state index contributed by atoms with van der Waals surface area (Å²) in [5, 5.41) is 3.70. The lowest BCUT2D eigenvalue weighted by Crippen LogP contribution is -2.31. The van der Waals surface area contributed by atoms with E-state index in [2.05, 4.69) is 26.2 Å². The van der Waals surface area contributed by atoms with Gasteiger partial charge in [-0.25, -0.2) is 0 Å². The van der Waals surface area contributed by atoms with Crippen LogP contribution in [0.1, 0.15) is 21.5 Å². The van der Waals surface area contributed by atoms with Gasteiger partial charge in [0.05, 0.1) is 11.4 Å². The van der Waals surface area contributed by atoms with Crippen molar-refractivity contribution in [2.24, 2.45) is 0 Å². The summed E-state index contributed by atoms with van der Waals surface area (Å²) in [6.07, 6.45) is 3.65. The normalized spacial score (nSPS) is 13.5. The lowest BCUT2D eigenvalue weighted by molar-refractivity contribution is 0.102. The summed E-state index contributed by atoms with van der Waals surface area (Å²) in [4.78, 5) is 21.0. The SMILES string of the molecule is Nc1ccccc1NC(=O)c1ccc(CN2CCN(Cc3cccnc3)C2=S)cc1. The fraction of sp³-hybridized carbons (Fsp3) is 0.174. The third-order valence-corrected chi connectivity index (χ3v) is 5.59. The van der Waals surface area contributed by atoms with E-state index in [1.165, 1.54) is 0 Å². The highest BCUT2D eigenvalue weighted by molar-refractivity contribution is 7.80. The predicted octanol–water partition coefficient (Wildman–Crippen LogP) is 3.52. The molecule has 2 aromatic carbocycles. The van der Waals surface area contributed by atoms with Gasteiger partial charge in [-0.15, -0.1) is 0 Å². The van der Waals surface area contributed by atoms with Gasteiger partial charge in [0.15, 0.2) is 5.11 Å². The van der Waals surface area contributed by atoms with E-state index in [0.29, 0.717) is 16.9 Å². The zero-order valence-electron chi connectivity index (χ0n) is 16.5. The van der Waals surface area contributed by atoms with Crippen molar-refractivity contribution in [1.29, 1.82) is 0 Å². The Morgan fingerprint density at radius 2 is 1.67 bits per heavy atom. The second kappa shape index (κ2) is 8.92. The quantitative estimate of drug-likeness (QED) is 0.472. The van der Waals surface area contributed by atoms with Crippen LogP contribution in [0.4, 0.5) is 11.4 Å². The maximum Gasteiger partial charge on any atom is 0.255 e. The number of hydrogen-bond acceptors (Lipinski definition) is 4. The first kappa shape index (κ1) is 19.8. The van der Waals surface area contributed by atoms with Crippen LogP contribution in [0.25, 0.3) is 0 Å².